The smallest absolute Gasteiger partial charge is 0.306 e. The van der Waals surface area contributed by atoms with Gasteiger partial charge in [0.15, 0.2) is 11.6 Å². The number of ether oxygens (including phenoxy) is 1. The number of benzene rings is 1. The monoisotopic (exact) mass is 275 g/mol. The van der Waals surface area contributed by atoms with Gasteiger partial charge in [-0.25, -0.2) is 13.2 Å². The fourth-order valence-electron chi connectivity index (χ4n) is 1.83. The van der Waals surface area contributed by atoms with E-state index in [1.807, 2.05) is 0 Å². The quantitative estimate of drug-likeness (QED) is 0.678. The van der Waals surface area contributed by atoms with E-state index in [2.05, 4.69) is 4.74 Å². The minimum Gasteiger partial charge on any atom is -0.469 e. The molecule has 0 aromatic heterocycles. The van der Waals surface area contributed by atoms with Crippen LogP contribution in [0.2, 0.25) is 0 Å². The number of carbonyl (C=O) groups excluding carboxylic acids is 1. The van der Waals surface area contributed by atoms with Crippen molar-refractivity contribution in [3.05, 3.63) is 35.1 Å². The van der Waals surface area contributed by atoms with Crippen molar-refractivity contribution in [2.75, 3.05) is 7.11 Å². The van der Waals surface area contributed by atoms with Gasteiger partial charge in [-0.2, -0.15) is 0 Å². The zero-order chi connectivity index (χ0) is 14.8. The van der Waals surface area contributed by atoms with Crippen molar-refractivity contribution in [2.45, 2.75) is 31.7 Å². The first-order valence-electron chi connectivity index (χ1n) is 5.67. The molecule has 3 nitrogen and oxygen atoms in total. The summed E-state index contributed by atoms with van der Waals surface area (Å²) in [6.45, 7) is 3.14. The van der Waals surface area contributed by atoms with E-state index in [1.54, 1.807) is 13.8 Å². The SMILES string of the molecule is COC(=O)CC(c1cc(F)c(F)cc1F)C(C)(C)N. The van der Waals surface area contributed by atoms with E-state index in [4.69, 9.17) is 5.73 Å². The minimum atomic E-state index is -1.28. The second-order valence-electron chi connectivity index (χ2n) is 4.94. The summed E-state index contributed by atoms with van der Waals surface area (Å²) in [4.78, 5) is 11.3. The molecule has 1 aromatic rings. The molecule has 0 radical (unpaired) electrons. The average Bonchev–Trinajstić information content (AvgIpc) is 2.29. The van der Waals surface area contributed by atoms with Crippen molar-refractivity contribution >= 4 is 5.97 Å². The molecular weight excluding hydrogens is 259 g/mol. The highest BCUT2D eigenvalue weighted by molar-refractivity contribution is 5.70. The van der Waals surface area contributed by atoms with E-state index in [9.17, 15) is 18.0 Å². The molecule has 0 amide bonds. The summed E-state index contributed by atoms with van der Waals surface area (Å²) in [5.74, 6) is -4.84. The Labute approximate surface area is 109 Å². The van der Waals surface area contributed by atoms with Crippen molar-refractivity contribution in [1.29, 1.82) is 0 Å². The Hall–Kier alpha value is -1.56. The van der Waals surface area contributed by atoms with Crippen molar-refractivity contribution in [3.8, 4) is 0 Å². The van der Waals surface area contributed by atoms with E-state index in [1.165, 1.54) is 7.11 Å². The van der Waals surface area contributed by atoms with Crippen LogP contribution in [-0.4, -0.2) is 18.6 Å². The Morgan fingerprint density at radius 2 is 1.79 bits per heavy atom. The van der Waals surface area contributed by atoms with Crippen molar-refractivity contribution in [3.63, 3.8) is 0 Å². The Balaban J connectivity index is 3.25. The summed E-state index contributed by atoms with van der Waals surface area (Å²) in [5.41, 5.74) is 4.74. The molecule has 1 rings (SSSR count). The lowest BCUT2D eigenvalue weighted by Crippen LogP contribution is -2.41. The first kappa shape index (κ1) is 15.5. The van der Waals surface area contributed by atoms with Crippen LogP contribution in [-0.2, 0) is 9.53 Å². The number of methoxy groups -OCH3 is 1. The molecule has 0 bridgehead atoms. The summed E-state index contributed by atoms with van der Waals surface area (Å²) < 4.78 is 44.4. The van der Waals surface area contributed by atoms with Crippen LogP contribution in [0.25, 0.3) is 0 Å². The summed E-state index contributed by atoms with van der Waals surface area (Å²) in [6.07, 6.45) is -0.220. The third-order valence-electron chi connectivity index (χ3n) is 2.91. The molecular formula is C13H16F3NO2. The summed E-state index contributed by atoms with van der Waals surface area (Å²) >= 11 is 0. The first-order chi connectivity index (χ1) is 8.66. The lowest BCUT2D eigenvalue weighted by molar-refractivity contribution is -0.141. The molecule has 1 unspecified atom stereocenters. The van der Waals surface area contributed by atoms with E-state index in [-0.39, 0.29) is 12.0 Å². The largest absolute Gasteiger partial charge is 0.469 e. The second kappa shape index (κ2) is 5.61. The maximum atomic E-state index is 13.8. The first-order valence-corrected chi connectivity index (χ1v) is 5.67. The van der Waals surface area contributed by atoms with Gasteiger partial charge in [0.2, 0.25) is 0 Å². The molecule has 0 spiro atoms. The molecule has 0 saturated carbocycles. The zero-order valence-electron chi connectivity index (χ0n) is 11.0. The molecule has 0 aliphatic carbocycles. The molecule has 0 aliphatic heterocycles. The highest BCUT2D eigenvalue weighted by atomic mass is 19.2. The van der Waals surface area contributed by atoms with Gasteiger partial charge >= 0.3 is 5.97 Å². The number of carbonyl (C=O) groups is 1. The van der Waals surface area contributed by atoms with Gasteiger partial charge in [0, 0.05) is 17.5 Å². The number of hydrogen-bond donors (Lipinski definition) is 1. The molecule has 0 aliphatic rings. The van der Waals surface area contributed by atoms with Crippen molar-refractivity contribution in [2.24, 2.45) is 5.73 Å². The van der Waals surface area contributed by atoms with Gasteiger partial charge in [0.05, 0.1) is 13.5 Å². The summed E-state index contributed by atoms with van der Waals surface area (Å²) in [7, 11) is 1.19. The van der Waals surface area contributed by atoms with Crippen LogP contribution in [0, 0.1) is 17.5 Å². The standard InChI is InChI=1S/C13H16F3NO2/c1-13(2,17)8(5-12(18)19-3)7-4-10(15)11(16)6-9(7)14/h4,6,8H,5,17H2,1-3H3. The van der Waals surface area contributed by atoms with Crippen LogP contribution in [0.15, 0.2) is 12.1 Å². The van der Waals surface area contributed by atoms with Gasteiger partial charge in [-0.3, -0.25) is 4.79 Å². The third-order valence-corrected chi connectivity index (χ3v) is 2.91. The normalized spacial score (nSPS) is 13.2. The number of nitrogens with two attached hydrogens (primary N) is 1. The van der Waals surface area contributed by atoms with Gasteiger partial charge in [0.1, 0.15) is 5.82 Å². The molecule has 1 atom stereocenters. The van der Waals surface area contributed by atoms with Crippen LogP contribution in [0.4, 0.5) is 13.2 Å². The highest BCUT2D eigenvalue weighted by Crippen LogP contribution is 2.32. The van der Waals surface area contributed by atoms with Gasteiger partial charge in [0.25, 0.3) is 0 Å². The fraction of sp³-hybridized carbons (Fsp3) is 0.462. The second-order valence-corrected chi connectivity index (χ2v) is 4.94. The van der Waals surface area contributed by atoms with Crippen LogP contribution in [0.3, 0.4) is 0 Å². The van der Waals surface area contributed by atoms with Gasteiger partial charge in [-0.1, -0.05) is 0 Å². The predicted octanol–water partition coefficient (Wildman–Crippen LogP) is 2.49. The zero-order valence-corrected chi connectivity index (χ0v) is 11.0. The topological polar surface area (TPSA) is 52.3 Å². The lowest BCUT2D eigenvalue weighted by atomic mass is 9.80. The predicted molar refractivity (Wildman–Crippen MR) is 64.0 cm³/mol. The molecule has 0 heterocycles. The molecule has 0 fully saturated rings. The lowest BCUT2D eigenvalue weighted by Gasteiger charge is -2.30. The maximum absolute atomic E-state index is 13.8. The number of halogens is 3. The van der Waals surface area contributed by atoms with Crippen LogP contribution >= 0.6 is 0 Å². The van der Waals surface area contributed by atoms with Crippen LogP contribution < -0.4 is 5.73 Å². The molecule has 106 valence electrons. The fourth-order valence-corrected chi connectivity index (χ4v) is 1.83. The Kier molecular flexibility index (Phi) is 4.57. The summed E-state index contributed by atoms with van der Waals surface area (Å²) in [6, 6.07) is 1.17. The maximum Gasteiger partial charge on any atom is 0.306 e. The Morgan fingerprint density at radius 3 is 2.26 bits per heavy atom. The van der Waals surface area contributed by atoms with Crippen molar-refractivity contribution < 1.29 is 22.7 Å². The Bertz CT molecular complexity index is 484. The van der Waals surface area contributed by atoms with Gasteiger partial charge < -0.3 is 10.5 Å². The molecule has 0 saturated heterocycles. The minimum absolute atomic E-state index is 0.142. The van der Waals surface area contributed by atoms with Gasteiger partial charge in [-0.05, 0) is 25.5 Å². The van der Waals surface area contributed by atoms with Gasteiger partial charge in [-0.15, -0.1) is 0 Å². The third kappa shape index (κ3) is 3.70. The van der Waals surface area contributed by atoms with Crippen LogP contribution in [0.1, 0.15) is 31.7 Å². The van der Waals surface area contributed by atoms with E-state index < -0.39 is 34.9 Å². The molecule has 1 aromatic carbocycles. The van der Waals surface area contributed by atoms with E-state index in [0.717, 1.165) is 6.07 Å². The average molecular weight is 275 g/mol. The van der Waals surface area contributed by atoms with Crippen molar-refractivity contribution in [1.82, 2.24) is 0 Å². The summed E-state index contributed by atoms with van der Waals surface area (Å²) in [5, 5.41) is 0. The van der Waals surface area contributed by atoms with Crippen LogP contribution in [0.5, 0.6) is 0 Å². The highest BCUT2D eigenvalue weighted by Gasteiger charge is 2.32. The molecule has 2 N–H and O–H groups in total. The number of rotatable bonds is 4. The Morgan fingerprint density at radius 1 is 1.26 bits per heavy atom. The number of hydrogen-bond acceptors (Lipinski definition) is 3. The van der Waals surface area contributed by atoms with E-state index >= 15 is 0 Å². The molecule has 19 heavy (non-hydrogen) atoms. The van der Waals surface area contributed by atoms with E-state index in [0.29, 0.717) is 6.07 Å². The molecule has 6 heteroatoms. The number of esters is 1.